The number of hydrogen-bond donors (Lipinski definition) is 2. The maximum atomic E-state index is 9.67. The number of benzene rings is 1. The molecule has 0 aliphatic carbocycles. The summed E-state index contributed by atoms with van der Waals surface area (Å²) in [6.07, 6.45) is 2.84. The first kappa shape index (κ1) is 20.6. The first-order valence-electron chi connectivity index (χ1n) is 10.4. The molecule has 5 nitrogen and oxygen atoms in total. The number of nitrogens with zero attached hydrogens (tertiary/aromatic N) is 3. The molecule has 0 unspecified atom stereocenters. The van der Waals surface area contributed by atoms with Gasteiger partial charge in [-0.15, -0.1) is 0 Å². The Labute approximate surface area is 183 Å². The number of β-amino-alcohol motifs (C(OH)–C–C–N with tert-alkyl or cyclic N) is 1. The van der Waals surface area contributed by atoms with Gasteiger partial charge in [-0.2, -0.15) is 0 Å². The molecule has 1 aliphatic rings. The second-order valence-corrected chi connectivity index (χ2v) is 8.11. The van der Waals surface area contributed by atoms with Gasteiger partial charge in [0.05, 0.1) is 24.4 Å². The van der Waals surface area contributed by atoms with Gasteiger partial charge in [0.15, 0.2) is 5.11 Å². The lowest BCUT2D eigenvalue weighted by atomic mass is 9.97. The van der Waals surface area contributed by atoms with Crippen LogP contribution in [0.5, 0.6) is 0 Å². The molecule has 2 N–H and O–H groups in total. The number of thiocarbonyl (C=S) groups is 1. The normalized spacial score (nSPS) is 18.7. The average molecular weight is 421 g/mol. The maximum Gasteiger partial charge on any atom is 0.170 e. The predicted molar refractivity (Wildman–Crippen MR) is 124 cm³/mol. The Hall–Kier alpha value is -2.70. The summed E-state index contributed by atoms with van der Waals surface area (Å²) in [5.41, 5.74) is 6.98. The fourth-order valence-corrected chi connectivity index (χ4v) is 4.79. The van der Waals surface area contributed by atoms with Gasteiger partial charge >= 0.3 is 0 Å². The van der Waals surface area contributed by atoms with E-state index in [0.29, 0.717) is 11.7 Å². The van der Waals surface area contributed by atoms with Crippen LogP contribution in [0.3, 0.4) is 0 Å². The summed E-state index contributed by atoms with van der Waals surface area (Å²) in [4.78, 5) is 6.67. The van der Waals surface area contributed by atoms with Crippen LogP contribution in [-0.2, 0) is 6.42 Å². The van der Waals surface area contributed by atoms with Gasteiger partial charge in [0.25, 0.3) is 0 Å². The van der Waals surface area contributed by atoms with E-state index in [0.717, 1.165) is 17.8 Å². The molecule has 0 radical (unpaired) electrons. The molecule has 4 rings (SSSR count). The minimum Gasteiger partial charge on any atom is -0.395 e. The van der Waals surface area contributed by atoms with E-state index in [1.165, 1.54) is 22.5 Å². The predicted octanol–water partition coefficient (Wildman–Crippen LogP) is 4.02. The molecule has 3 aromatic rings. The van der Waals surface area contributed by atoms with Crippen LogP contribution < -0.4 is 5.32 Å². The molecule has 3 heterocycles. The van der Waals surface area contributed by atoms with Crippen molar-refractivity contribution in [1.29, 1.82) is 0 Å². The second kappa shape index (κ2) is 8.58. The van der Waals surface area contributed by atoms with Crippen molar-refractivity contribution in [2.24, 2.45) is 0 Å². The largest absolute Gasteiger partial charge is 0.395 e. The van der Waals surface area contributed by atoms with E-state index >= 15 is 0 Å². The van der Waals surface area contributed by atoms with E-state index in [4.69, 9.17) is 12.2 Å². The number of aliphatic hydroxyl groups excluding tert-OH is 1. The van der Waals surface area contributed by atoms with Crippen LogP contribution in [0.4, 0.5) is 0 Å². The Balaban J connectivity index is 1.80. The Kier molecular flexibility index (Phi) is 5.88. The summed E-state index contributed by atoms with van der Waals surface area (Å²) >= 11 is 5.63. The lowest BCUT2D eigenvalue weighted by Crippen LogP contribution is -2.32. The highest BCUT2D eigenvalue weighted by Crippen LogP contribution is 2.41. The molecule has 0 bridgehead atoms. The lowest BCUT2D eigenvalue weighted by Gasteiger charge is -2.27. The second-order valence-electron chi connectivity index (χ2n) is 7.73. The smallest absolute Gasteiger partial charge is 0.170 e. The van der Waals surface area contributed by atoms with Crippen LogP contribution in [0.2, 0.25) is 0 Å². The third-order valence-electron chi connectivity index (χ3n) is 5.93. The van der Waals surface area contributed by atoms with E-state index in [-0.39, 0.29) is 18.7 Å². The molecule has 2 atom stereocenters. The number of hydrogen-bond acceptors (Lipinski definition) is 3. The lowest BCUT2D eigenvalue weighted by molar-refractivity contribution is 0.223. The van der Waals surface area contributed by atoms with Gasteiger partial charge in [0, 0.05) is 29.8 Å². The first-order valence-corrected chi connectivity index (χ1v) is 10.8. The molecule has 0 amide bonds. The van der Waals surface area contributed by atoms with Crippen molar-refractivity contribution >= 4 is 17.3 Å². The summed E-state index contributed by atoms with van der Waals surface area (Å²) < 4.78 is 2.29. The highest BCUT2D eigenvalue weighted by Gasteiger charge is 2.41. The van der Waals surface area contributed by atoms with Crippen molar-refractivity contribution in [3.8, 4) is 5.69 Å². The fourth-order valence-electron chi connectivity index (χ4n) is 4.46. The molecular formula is C24H28N4OS. The standard InChI is InChI=1S/C24H28N4OS/c1-4-18-8-10-19(11-9-18)28-16(2)15-20(17(28)3)23-22(21-7-5-6-12-25-21)26-24(30)27(23)13-14-29/h5-12,15,22-23,29H,4,13-14H2,1-3H3,(H,26,30)/t22-,23-/m1/s1. The van der Waals surface area contributed by atoms with Gasteiger partial charge in [-0.1, -0.05) is 25.1 Å². The van der Waals surface area contributed by atoms with E-state index in [9.17, 15) is 5.11 Å². The summed E-state index contributed by atoms with van der Waals surface area (Å²) in [5, 5.41) is 13.8. The van der Waals surface area contributed by atoms with Crippen molar-refractivity contribution in [3.63, 3.8) is 0 Å². The Bertz CT molecular complexity index is 1030. The van der Waals surface area contributed by atoms with E-state index in [1.54, 1.807) is 0 Å². The molecule has 156 valence electrons. The van der Waals surface area contributed by atoms with Gasteiger partial charge in [-0.25, -0.2) is 0 Å². The zero-order valence-electron chi connectivity index (χ0n) is 17.7. The summed E-state index contributed by atoms with van der Waals surface area (Å²) in [6, 6.07) is 16.8. The summed E-state index contributed by atoms with van der Waals surface area (Å²) in [5.74, 6) is 0. The fraction of sp³-hybridized carbons (Fsp3) is 0.333. The number of nitrogens with one attached hydrogen (secondary N) is 1. The number of pyridine rings is 1. The highest BCUT2D eigenvalue weighted by molar-refractivity contribution is 7.80. The number of rotatable bonds is 6. The third kappa shape index (κ3) is 3.61. The molecule has 1 fully saturated rings. The summed E-state index contributed by atoms with van der Waals surface area (Å²) in [7, 11) is 0. The number of aromatic nitrogens is 2. The zero-order chi connectivity index (χ0) is 21.3. The monoisotopic (exact) mass is 420 g/mol. The van der Waals surface area contributed by atoms with Crippen LogP contribution in [0.15, 0.2) is 54.7 Å². The van der Waals surface area contributed by atoms with E-state index < -0.39 is 0 Å². The zero-order valence-corrected chi connectivity index (χ0v) is 18.5. The van der Waals surface area contributed by atoms with Crippen LogP contribution in [-0.4, -0.2) is 37.8 Å². The topological polar surface area (TPSA) is 53.3 Å². The quantitative estimate of drug-likeness (QED) is 0.590. The van der Waals surface area contributed by atoms with Crippen LogP contribution in [0.25, 0.3) is 5.69 Å². The highest BCUT2D eigenvalue weighted by atomic mass is 32.1. The van der Waals surface area contributed by atoms with Crippen LogP contribution in [0, 0.1) is 13.8 Å². The first-order chi connectivity index (χ1) is 14.5. The molecule has 1 saturated heterocycles. The van der Waals surface area contributed by atoms with Crippen molar-refractivity contribution < 1.29 is 5.11 Å². The molecular weight excluding hydrogens is 392 g/mol. The maximum absolute atomic E-state index is 9.67. The Morgan fingerprint density at radius 2 is 1.90 bits per heavy atom. The van der Waals surface area contributed by atoms with E-state index in [2.05, 4.69) is 70.9 Å². The third-order valence-corrected chi connectivity index (χ3v) is 6.28. The van der Waals surface area contributed by atoms with Gasteiger partial charge in [0.2, 0.25) is 0 Å². The molecule has 0 saturated carbocycles. The molecule has 1 aliphatic heterocycles. The average Bonchev–Trinajstić information content (AvgIpc) is 3.24. The van der Waals surface area contributed by atoms with Gasteiger partial charge in [0.1, 0.15) is 0 Å². The van der Waals surface area contributed by atoms with E-state index in [1.807, 2.05) is 24.4 Å². The van der Waals surface area contributed by atoms with Crippen LogP contribution >= 0.6 is 12.2 Å². The minimum atomic E-state index is -0.0679. The van der Waals surface area contributed by atoms with Crippen molar-refractivity contribution in [3.05, 3.63) is 82.9 Å². The van der Waals surface area contributed by atoms with Crippen molar-refractivity contribution in [2.75, 3.05) is 13.2 Å². The summed E-state index contributed by atoms with van der Waals surface area (Å²) in [6.45, 7) is 6.99. The molecule has 0 spiro atoms. The Morgan fingerprint density at radius 1 is 1.13 bits per heavy atom. The number of aliphatic hydroxyl groups is 1. The molecule has 30 heavy (non-hydrogen) atoms. The van der Waals surface area contributed by atoms with Crippen LogP contribution in [0.1, 0.15) is 47.2 Å². The number of aryl methyl sites for hydroxylation is 2. The van der Waals surface area contributed by atoms with Gasteiger partial charge < -0.3 is 19.9 Å². The molecule has 2 aromatic heterocycles. The Morgan fingerprint density at radius 3 is 2.53 bits per heavy atom. The van der Waals surface area contributed by atoms with Crippen molar-refractivity contribution in [2.45, 2.75) is 39.3 Å². The molecule has 1 aromatic carbocycles. The SMILES string of the molecule is CCc1ccc(-n2c(C)cc([C@@H]3[C@@H](c4ccccn4)NC(=S)N3CCO)c2C)cc1. The van der Waals surface area contributed by atoms with Gasteiger partial charge in [-0.3, -0.25) is 4.98 Å². The van der Waals surface area contributed by atoms with Gasteiger partial charge in [-0.05, 0) is 73.9 Å². The van der Waals surface area contributed by atoms with Crippen molar-refractivity contribution in [1.82, 2.24) is 19.8 Å². The molecule has 6 heteroatoms. The minimum absolute atomic E-state index is 0.0329.